The molecule has 0 N–H and O–H groups in total. The van der Waals surface area contributed by atoms with Gasteiger partial charge in [0.2, 0.25) is 0 Å². The van der Waals surface area contributed by atoms with Crippen LogP contribution in [0.4, 0.5) is 0 Å². The quantitative estimate of drug-likeness (QED) is 0.752. The largest absolute Gasteiger partial charge is 0.498 e. The molecule has 1 aromatic carbocycles. The molecular formula is C17H22BBrN2O3. The van der Waals surface area contributed by atoms with Crippen molar-refractivity contribution in [2.24, 2.45) is 0 Å². The first-order chi connectivity index (χ1) is 11.1. The van der Waals surface area contributed by atoms with Crippen LogP contribution in [0.5, 0.6) is 5.75 Å². The number of benzene rings is 1. The highest BCUT2D eigenvalue weighted by molar-refractivity contribution is 9.10. The molecule has 5 nitrogen and oxygen atoms in total. The summed E-state index contributed by atoms with van der Waals surface area (Å²) >= 11 is 3.50. The predicted molar refractivity (Wildman–Crippen MR) is 98.3 cm³/mol. The maximum Gasteiger partial charge on any atom is 0.498 e. The number of halogens is 1. The normalized spacial score (nSPS) is 18.9. The van der Waals surface area contributed by atoms with E-state index in [4.69, 9.17) is 14.0 Å². The second kappa shape index (κ2) is 5.90. The van der Waals surface area contributed by atoms with Crippen molar-refractivity contribution in [3.63, 3.8) is 0 Å². The molecule has 0 unspecified atom stereocenters. The zero-order chi connectivity index (χ0) is 17.7. The monoisotopic (exact) mass is 392 g/mol. The molecule has 1 aliphatic heterocycles. The van der Waals surface area contributed by atoms with E-state index in [0.717, 1.165) is 26.9 Å². The Labute approximate surface area is 151 Å². The van der Waals surface area contributed by atoms with Crippen molar-refractivity contribution in [3.8, 4) is 11.4 Å². The highest BCUT2D eigenvalue weighted by atomic mass is 79.9. The second-order valence-corrected chi connectivity index (χ2v) is 7.93. The first-order valence-corrected chi connectivity index (χ1v) is 8.68. The minimum atomic E-state index is -0.415. The lowest BCUT2D eigenvalue weighted by Crippen LogP contribution is -2.41. The van der Waals surface area contributed by atoms with Crippen LogP contribution in [0.1, 0.15) is 33.3 Å². The van der Waals surface area contributed by atoms with Crippen LogP contribution in [0, 0.1) is 6.92 Å². The van der Waals surface area contributed by atoms with E-state index >= 15 is 0 Å². The number of aryl methyl sites for hydroxylation is 1. The summed E-state index contributed by atoms with van der Waals surface area (Å²) < 4.78 is 20.3. The molecule has 2 aromatic rings. The SMILES string of the molecule is COc1cc(-n2cc(B3OC(C)(C)C(C)(C)O3)cn2)c(C)cc1Br. The Hall–Kier alpha value is -1.31. The average molecular weight is 393 g/mol. The van der Waals surface area contributed by atoms with Crippen molar-refractivity contribution in [2.45, 2.75) is 45.8 Å². The van der Waals surface area contributed by atoms with Crippen molar-refractivity contribution in [1.29, 1.82) is 0 Å². The predicted octanol–water partition coefficient (Wildman–Crippen LogP) is 3.25. The van der Waals surface area contributed by atoms with Gasteiger partial charge in [-0.2, -0.15) is 5.10 Å². The van der Waals surface area contributed by atoms with E-state index in [1.165, 1.54) is 0 Å². The van der Waals surface area contributed by atoms with E-state index in [9.17, 15) is 0 Å². The van der Waals surface area contributed by atoms with Gasteiger partial charge in [0, 0.05) is 23.9 Å². The molecular weight excluding hydrogens is 371 g/mol. The molecule has 7 heteroatoms. The summed E-state index contributed by atoms with van der Waals surface area (Å²) in [7, 11) is 1.24. The Morgan fingerprint density at radius 2 is 1.79 bits per heavy atom. The molecule has 0 radical (unpaired) electrons. The van der Waals surface area contributed by atoms with E-state index in [2.05, 4.69) is 21.0 Å². The summed E-state index contributed by atoms with van der Waals surface area (Å²) in [4.78, 5) is 0. The fourth-order valence-corrected chi connectivity index (χ4v) is 3.23. The second-order valence-electron chi connectivity index (χ2n) is 7.08. The standard InChI is InChI=1S/C17H22BBrN2O3/c1-11-7-13(19)15(22-6)8-14(11)21-10-12(9-20-21)18-23-16(2,3)17(4,5)24-18/h7-10H,1-6H3. The molecule has 0 saturated carbocycles. The van der Waals surface area contributed by atoms with Crippen molar-refractivity contribution in [3.05, 3.63) is 34.6 Å². The topological polar surface area (TPSA) is 45.5 Å². The van der Waals surface area contributed by atoms with E-state index in [1.807, 2.05) is 57.6 Å². The third kappa shape index (κ3) is 2.89. The number of nitrogens with zero attached hydrogens (tertiary/aromatic N) is 2. The number of rotatable bonds is 3. The first-order valence-electron chi connectivity index (χ1n) is 7.89. The maximum atomic E-state index is 6.09. The van der Waals surface area contributed by atoms with Gasteiger partial charge in [0.25, 0.3) is 0 Å². The van der Waals surface area contributed by atoms with Gasteiger partial charge in [0.15, 0.2) is 0 Å². The molecule has 0 bridgehead atoms. The van der Waals surface area contributed by atoms with Crippen molar-refractivity contribution >= 4 is 28.5 Å². The minimum absolute atomic E-state index is 0.365. The minimum Gasteiger partial charge on any atom is -0.495 e. The summed E-state index contributed by atoms with van der Waals surface area (Å²) in [5.41, 5.74) is 2.21. The molecule has 0 atom stereocenters. The molecule has 0 spiro atoms. The highest BCUT2D eigenvalue weighted by Gasteiger charge is 2.52. The smallest absolute Gasteiger partial charge is 0.495 e. The Bertz CT molecular complexity index is 757. The Kier molecular flexibility index (Phi) is 4.30. The lowest BCUT2D eigenvalue weighted by Gasteiger charge is -2.32. The summed E-state index contributed by atoms with van der Waals surface area (Å²) in [6.45, 7) is 10.2. The summed E-state index contributed by atoms with van der Waals surface area (Å²) in [6, 6.07) is 3.98. The summed E-state index contributed by atoms with van der Waals surface area (Å²) in [6.07, 6.45) is 3.73. The first kappa shape index (κ1) is 17.5. The average Bonchev–Trinajstić information content (AvgIpc) is 3.02. The zero-order valence-electron chi connectivity index (χ0n) is 14.9. The van der Waals surface area contributed by atoms with E-state index in [-0.39, 0.29) is 11.2 Å². The molecule has 1 fully saturated rings. The van der Waals surface area contributed by atoms with Crippen molar-refractivity contribution in [2.75, 3.05) is 7.11 Å². The molecule has 1 aromatic heterocycles. The van der Waals surface area contributed by atoms with Crippen LogP contribution in [0.25, 0.3) is 5.69 Å². The number of aromatic nitrogens is 2. The highest BCUT2D eigenvalue weighted by Crippen LogP contribution is 2.36. The van der Waals surface area contributed by atoms with Crippen LogP contribution in [-0.2, 0) is 9.31 Å². The van der Waals surface area contributed by atoms with Gasteiger partial charge in [0.1, 0.15) is 5.75 Å². The fraction of sp³-hybridized carbons (Fsp3) is 0.471. The zero-order valence-corrected chi connectivity index (χ0v) is 16.5. The maximum absolute atomic E-state index is 6.09. The van der Waals surface area contributed by atoms with Gasteiger partial charge < -0.3 is 14.0 Å². The Morgan fingerprint density at radius 3 is 2.38 bits per heavy atom. The van der Waals surface area contributed by atoms with Gasteiger partial charge in [-0.05, 0) is 62.2 Å². The molecule has 128 valence electrons. The molecule has 3 rings (SSSR count). The molecule has 0 aliphatic carbocycles. The van der Waals surface area contributed by atoms with Gasteiger partial charge in [0.05, 0.1) is 28.5 Å². The van der Waals surface area contributed by atoms with Crippen molar-refractivity contribution in [1.82, 2.24) is 9.78 Å². The molecule has 0 amide bonds. The van der Waals surface area contributed by atoms with Gasteiger partial charge in [-0.3, -0.25) is 0 Å². The lowest BCUT2D eigenvalue weighted by atomic mass is 9.82. The van der Waals surface area contributed by atoms with E-state index in [1.54, 1.807) is 13.3 Å². The van der Waals surface area contributed by atoms with Gasteiger partial charge in [-0.25, -0.2) is 4.68 Å². The van der Waals surface area contributed by atoms with Crippen LogP contribution < -0.4 is 10.2 Å². The van der Waals surface area contributed by atoms with Crippen molar-refractivity contribution < 1.29 is 14.0 Å². The van der Waals surface area contributed by atoms with Gasteiger partial charge >= 0.3 is 7.12 Å². The van der Waals surface area contributed by atoms with Crippen LogP contribution in [-0.4, -0.2) is 35.2 Å². The van der Waals surface area contributed by atoms with E-state index < -0.39 is 7.12 Å². The number of methoxy groups -OCH3 is 1. The number of hydrogen-bond acceptors (Lipinski definition) is 4. The van der Waals surface area contributed by atoms with Crippen LogP contribution in [0.15, 0.2) is 29.0 Å². The van der Waals surface area contributed by atoms with E-state index in [0.29, 0.717) is 0 Å². The van der Waals surface area contributed by atoms with Gasteiger partial charge in [-0.1, -0.05) is 0 Å². The molecule has 24 heavy (non-hydrogen) atoms. The van der Waals surface area contributed by atoms with Gasteiger partial charge in [-0.15, -0.1) is 0 Å². The van der Waals surface area contributed by atoms with Crippen LogP contribution >= 0.6 is 15.9 Å². The third-order valence-corrected chi connectivity index (χ3v) is 5.46. The third-order valence-electron chi connectivity index (χ3n) is 4.85. The Morgan fingerprint density at radius 1 is 1.17 bits per heavy atom. The number of ether oxygens (including phenoxy) is 1. The molecule has 1 saturated heterocycles. The Balaban J connectivity index is 1.93. The fourth-order valence-electron chi connectivity index (χ4n) is 2.61. The molecule has 1 aliphatic rings. The van der Waals surface area contributed by atoms with Crippen LogP contribution in [0.2, 0.25) is 0 Å². The summed E-state index contributed by atoms with van der Waals surface area (Å²) in [5, 5.41) is 4.48. The lowest BCUT2D eigenvalue weighted by molar-refractivity contribution is 0.00578. The molecule has 2 heterocycles. The number of hydrogen-bond donors (Lipinski definition) is 0. The summed E-state index contributed by atoms with van der Waals surface area (Å²) in [5.74, 6) is 0.767. The van der Waals surface area contributed by atoms with Crippen LogP contribution in [0.3, 0.4) is 0 Å².